The fraction of sp³-hybridized carbons (Fsp3) is 0. The number of carbonyl (C=O) groups excluding carboxylic acids is 1. The molecule has 0 aliphatic heterocycles. The van der Waals surface area contributed by atoms with Crippen LogP contribution >= 0.6 is 39.5 Å². The number of benzene rings is 1. The van der Waals surface area contributed by atoms with Crippen molar-refractivity contribution >= 4 is 56.2 Å². The molecule has 0 radical (unpaired) electrons. The van der Waals surface area contributed by atoms with E-state index in [1.54, 1.807) is 12.1 Å². The minimum absolute atomic E-state index is 0.00187. The Balaban J connectivity index is 1.89. The Bertz CT molecular complexity index is 693. The molecule has 3 N–H and O–H groups in total. The van der Waals surface area contributed by atoms with Crippen molar-refractivity contribution in [2.24, 2.45) is 0 Å². The summed E-state index contributed by atoms with van der Waals surface area (Å²) in [4.78, 5) is 12.2. The third-order valence-electron chi connectivity index (χ3n) is 2.27. The van der Waals surface area contributed by atoms with E-state index in [0.717, 1.165) is 15.9 Å². The van der Waals surface area contributed by atoms with Gasteiger partial charge in [-0.15, -0.1) is 11.3 Å². The van der Waals surface area contributed by atoms with Crippen molar-refractivity contribution in [1.29, 1.82) is 0 Å². The fourth-order valence-corrected chi connectivity index (χ4v) is 2.80. The lowest BCUT2D eigenvalue weighted by Gasteiger charge is -2.11. The predicted molar refractivity (Wildman–Crippen MR) is 85.2 cm³/mol. The van der Waals surface area contributed by atoms with Gasteiger partial charge in [0.15, 0.2) is 5.11 Å². The van der Waals surface area contributed by atoms with Crippen molar-refractivity contribution in [2.75, 3.05) is 5.32 Å². The molecular formula is C12H8BrF2N3OS2. The average Bonchev–Trinajstić information content (AvgIpc) is 2.86. The maximum absolute atomic E-state index is 13.4. The molecule has 110 valence electrons. The van der Waals surface area contributed by atoms with Crippen LogP contribution < -0.4 is 16.2 Å². The molecule has 2 aromatic rings. The summed E-state index contributed by atoms with van der Waals surface area (Å²) in [6.07, 6.45) is 0. The molecule has 1 aromatic carbocycles. The maximum atomic E-state index is 13.4. The number of rotatable bonds is 2. The van der Waals surface area contributed by atoms with Gasteiger partial charge in [0.1, 0.15) is 11.6 Å². The Kier molecular flexibility index (Phi) is 5.21. The molecule has 0 unspecified atom stereocenters. The monoisotopic (exact) mass is 391 g/mol. The van der Waals surface area contributed by atoms with Crippen LogP contribution in [0.5, 0.6) is 0 Å². The van der Waals surface area contributed by atoms with E-state index in [-0.39, 0.29) is 16.7 Å². The van der Waals surface area contributed by atoms with E-state index in [4.69, 9.17) is 12.2 Å². The first-order chi connectivity index (χ1) is 9.95. The van der Waals surface area contributed by atoms with Gasteiger partial charge in [0.05, 0.1) is 14.4 Å². The van der Waals surface area contributed by atoms with Crippen LogP contribution in [0.1, 0.15) is 9.67 Å². The summed E-state index contributed by atoms with van der Waals surface area (Å²) in [6.45, 7) is 0. The number of thiophene rings is 1. The number of amides is 1. The van der Waals surface area contributed by atoms with E-state index in [2.05, 4.69) is 32.1 Å². The van der Waals surface area contributed by atoms with Crippen molar-refractivity contribution in [3.63, 3.8) is 0 Å². The molecule has 1 aromatic heterocycles. The summed E-state index contributed by atoms with van der Waals surface area (Å²) < 4.78 is 27.0. The number of carbonyl (C=O) groups is 1. The maximum Gasteiger partial charge on any atom is 0.279 e. The number of hydrogen-bond donors (Lipinski definition) is 3. The number of thiocarbonyl (C=S) groups is 1. The second-order valence-electron chi connectivity index (χ2n) is 3.76. The van der Waals surface area contributed by atoms with Gasteiger partial charge in [0.2, 0.25) is 0 Å². The first-order valence-corrected chi connectivity index (χ1v) is 7.55. The Morgan fingerprint density at radius 2 is 1.95 bits per heavy atom. The van der Waals surface area contributed by atoms with Crippen molar-refractivity contribution in [1.82, 2.24) is 10.9 Å². The molecule has 4 nitrogen and oxygen atoms in total. The third-order valence-corrected chi connectivity index (χ3v) is 4.09. The first kappa shape index (κ1) is 15.8. The van der Waals surface area contributed by atoms with Crippen LogP contribution in [-0.2, 0) is 0 Å². The van der Waals surface area contributed by atoms with Gasteiger partial charge < -0.3 is 5.32 Å². The highest BCUT2D eigenvalue weighted by atomic mass is 79.9. The summed E-state index contributed by atoms with van der Waals surface area (Å²) in [5, 5.41) is 2.48. The van der Waals surface area contributed by atoms with Gasteiger partial charge in [-0.3, -0.25) is 15.6 Å². The van der Waals surface area contributed by atoms with Gasteiger partial charge in [-0.1, -0.05) is 0 Å². The highest BCUT2D eigenvalue weighted by Crippen LogP contribution is 2.21. The minimum Gasteiger partial charge on any atom is -0.329 e. The number of nitrogens with one attached hydrogen (secondary N) is 3. The Hall–Kier alpha value is -1.58. The van der Waals surface area contributed by atoms with Crippen LogP contribution in [0.3, 0.4) is 0 Å². The molecule has 2 rings (SSSR count). The lowest BCUT2D eigenvalue weighted by atomic mass is 10.3. The third kappa shape index (κ3) is 4.45. The van der Waals surface area contributed by atoms with E-state index in [1.807, 2.05) is 0 Å². The van der Waals surface area contributed by atoms with Gasteiger partial charge in [-0.2, -0.15) is 0 Å². The van der Waals surface area contributed by atoms with Crippen molar-refractivity contribution < 1.29 is 13.6 Å². The summed E-state index contributed by atoms with van der Waals surface area (Å²) in [5.74, 6) is -1.85. The zero-order valence-electron chi connectivity index (χ0n) is 10.2. The van der Waals surface area contributed by atoms with Crippen LogP contribution in [0.4, 0.5) is 14.5 Å². The number of halogens is 3. The quantitative estimate of drug-likeness (QED) is 0.542. The zero-order chi connectivity index (χ0) is 15.4. The Morgan fingerprint density at radius 3 is 2.57 bits per heavy atom. The van der Waals surface area contributed by atoms with Gasteiger partial charge in [-0.05, 0) is 52.4 Å². The summed E-state index contributed by atoms with van der Waals surface area (Å²) in [7, 11) is 0. The first-order valence-electron chi connectivity index (χ1n) is 5.53. The molecule has 0 aliphatic carbocycles. The summed E-state index contributed by atoms with van der Waals surface area (Å²) >= 11 is 9.40. The van der Waals surface area contributed by atoms with Gasteiger partial charge in [0.25, 0.3) is 5.91 Å². The standard InChI is InChI=1S/C12H8BrF2N3OS2/c13-10-4-3-9(21-10)11(19)17-18-12(20)16-8-2-1-6(14)5-7(8)15/h1-5H,(H,17,19)(H2,16,18,20). The summed E-state index contributed by atoms with van der Waals surface area (Å²) in [5.41, 5.74) is 4.80. The second-order valence-corrected chi connectivity index (χ2v) is 6.63. The zero-order valence-corrected chi connectivity index (χ0v) is 13.5. The molecule has 0 fully saturated rings. The van der Waals surface area contributed by atoms with Crippen LogP contribution in [0.15, 0.2) is 34.1 Å². The molecule has 0 saturated carbocycles. The van der Waals surface area contributed by atoms with Crippen LogP contribution in [0.2, 0.25) is 0 Å². The van der Waals surface area contributed by atoms with E-state index in [1.165, 1.54) is 17.4 Å². The number of hydrazine groups is 1. The number of anilines is 1. The molecule has 0 atom stereocenters. The molecule has 0 spiro atoms. The largest absolute Gasteiger partial charge is 0.329 e. The predicted octanol–water partition coefficient (Wildman–Crippen LogP) is 3.42. The fourth-order valence-electron chi connectivity index (χ4n) is 1.36. The van der Waals surface area contributed by atoms with Crippen molar-refractivity contribution in [2.45, 2.75) is 0 Å². The van der Waals surface area contributed by atoms with Gasteiger partial charge in [0, 0.05) is 6.07 Å². The van der Waals surface area contributed by atoms with Crippen LogP contribution in [0, 0.1) is 11.6 Å². The molecule has 21 heavy (non-hydrogen) atoms. The highest BCUT2D eigenvalue weighted by molar-refractivity contribution is 9.11. The van der Waals surface area contributed by atoms with Gasteiger partial charge >= 0.3 is 0 Å². The molecular weight excluding hydrogens is 384 g/mol. The SMILES string of the molecule is O=C(NNC(=S)Nc1ccc(F)cc1F)c1ccc(Br)s1. The second kappa shape index (κ2) is 6.92. The van der Waals surface area contributed by atoms with E-state index in [0.29, 0.717) is 4.88 Å². The van der Waals surface area contributed by atoms with E-state index >= 15 is 0 Å². The molecule has 1 amide bonds. The van der Waals surface area contributed by atoms with Crippen molar-refractivity contribution in [3.8, 4) is 0 Å². The van der Waals surface area contributed by atoms with Crippen LogP contribution in [0.25, 0.3) is 0 Å². The molecule has 0 saturated heterocycles. The highest BCUT2D eigenvalue weighted by Gasteiger charge is 2.09. The van der Waals surface area contributed by atoms with E-state index in [9.17, 15) is 13.6 Å². The molecule has 9 heteroatoms. The van der Waals surface area contributed by atoms with Crippen LogP contribution in [-0.4, -0.2) is 11.0 Å². The minimum atomic E-state index is -0.785. The molecule has 1 heterocycles. The normalized spacial score (nSPS) is 10.0. The molecule has 0 aliphatic rings. The average molecular weight is 392 g/mol. The Morgan fingerprint density at radius 1 is 1.19 bits per heavy atom. The van der Waals surface area contributed by atoms with E-state index < -0.39 is 11.6 Å². The summed E-state index contributed by atoms with van der Waals surface area (Å²) in [6, 6.07) is 6.41. The lowest BCUT2D eigenvalue weighted by Crippen LogP contribution is -2.43. The molecule has 0 bridgehead atoms. The van der Waals surface area contributed by atoms with Crippen molar-refractivity contribution in [3.05, 3.63) is 50.6 Å². The smallest absolute Gasteiger partial charge is 0.279 e. The topological polar surface area (TPSA) is 53.2 Å². The lowest BCUT2D eigenvalue weighted by molar-refractivity contribution is 0.0948. The Labute approximate surface area is 136 Å². The van der Waals surface area contributed by atoms with Gasteiger partial charge in [-0.25, -0.2) is 8.78 Å². The number of hydrogen-bond acceptors (Lipinski definition) is 3.